The summed E-state index contributed by atoms with van der Waals surface area (Å²) in [6.45, 7) is 0. The smallest absolute Gasteiger partial charge is 1.00 e. The topological polar surface area (TPSA) is 0 Å². The molecule has 0 unspecified atom stereocenters. The Hall–Kier alpha value is 0.716. The Bertz CT molecular complexity index is 158. The van der Waals surface area contributed by atoms with Crippen molar-refractivity contribution in [2.45, 2.75) is 4.43 Å². The average molecular weight is 244 g/mol. The Balaban J connectivity index is -0.000000213. The van der Waals surface area contributed by atoms with Gasteiger partial charge in [-0.05, 0) is 5.56 Å². The summed E-state index contributed by atoms with van der Waals surface area (Å²) >= 11 is 2.35. The maximum atomic E-state index is 2.35. The van der Waals surface area contributed by atoms with E-state index in [2.05, 4.69) is 46.9 Å². The molecule has 0 N–H and O–H groups in total. The van der Waals surface area contributed by atoms with Crippen LogP contribution in [0.25, 0.3) is 0 Å². The summed E-state index contributed by atoms with van der Waals surface area (Å²) in [7, 11) is 0. The minimum absolute atomic E-state index is 0. The summed E-state index contributed by atoms with van der Waals surface area (Å²) in [5, 5.41) is 0. The van der Waals surface area contributed by atoms with Crippen molar-refractivity contribution >= 4 is 45.6 Å². The van der Waals surface area contributed by atoms with Gasteiger partial charge in [0.15, 0.2) is 0 Å². The van der Waals surface area contributed by atoms with Crippen molar-refractivity contribution < 1.29 is 2.85 Å². The first-order valence-corrected chi connectivity index (χ1v) is 4.06. The zero-order valence-electron chi connectivity index (χ0n) is 7.18. The molecular weight excluding hydrogens is 235 g/mol. The molecule has 0 aliphatic heterocycles. The quantitative estimate of drug-likeness (QED) is 0.404. The van der Waals surface area contributed by atoms with E-state index in [9.17, 15) is 0 Å². The molecule has 1 rings (SSSR count). The molecule has 0 saturated carbocycles. The van der Waals surface area contributed by atoms with Crippen LogP contribution < -0.4 is 0 Å². The predicted molar refractivity (Wildman–Crippen MR) is 52.1 cm³/mol. The van der Waals surface area contributed by atoms with Crippen molar-refractivity contribution in [2.75, 3.05) is 0 Å². The second kappa shape index (κ2) is 5.50. The van der Waals surface area contributed by atoms with E-state index in [-0.39, 0.29) is 25.9 Å². The summed E-state index contributed by atoms with van der Waals surface area (Å²) in [5.74, 6) is 0. The van der Waals surface area contributed by atoms with Crippen LogP contribution in [0.2, 0.25) is 0 Å². The molecule has 0 spiro atoms. The number of hydrogen-bond acceptors (Lipinski definition) is 0. The predicted octanol–water partition coefficient (Wildman–Crippen LogP) is 2.47. The standard InChI is InChI=1S/C7H7I.Mg.2H/c8-6-7-4-2-1-3-5-7;;;/h1-5H,6H2;;;/q;+2;2*-1. The van der Waals surface area contributed by atoms with Crippen LogP contribution >= 0.6 is 22.6 Å². The van der Waals surface area contributed by atoms with Crippen LogP contribution in [0.1, 0.15) is 8.42 Å². The van der Waals surface area contributed by atoms with Crippen LogP contribution in [-0.4, -0.2) is 23.1 Å². The minimum Gasteiger partial charge on any atom is -1.00 e. The zero-order chi connectivity index (χ0) is 5.82. The van der Waals surface area contributed by atoms with Crippen LogP contribution in [0.15, 0.2) is 30.3 Å². The molecule has 0 saturated heterocycles. The van der Waals surface area contributed by atoms with E-state index in [1.54, 1.807) is 0 Å². The molecule has 0 aliphatic carbocycles. The number of hydrogen-bond donors (Lipinski definition) is 0. The molecule has 0 aromatic heterocycles. The van der Waals surface area contributed by atoms with Gasteiger partial charge < -0.3 is 2.85 Å². The van der Waals surface area contributed by atoms with Crippen LogP contribution in [0.5, 0.6) is 0 Å². The first kappa shape index (κ1) is 9.72. The van der Waals surface area contributed by atoms with Crippen molar-refractivity contribution in [1.29, 1.82) is 0 Å². The summed E-state index contributed by atoms with van der Waals surface area (Å²) in [5.41, 5.74) is 1.40. The van der Waals surface area contributed by atoms with Crippen LogP contribution in [0, 0.1) is 0 Å². The Labute approximate surface area is 88.3 Å². The number of halogens is 1. The zero-order valence-corrected chi connectivity index (χ0v) is 8.75. The Morgan fingerprint density at radius 3 is 2.11 bits per heavy atom. The summed E-state index contributed by atoms with van der Waals surface area (Å²) in [4.78, 5) is 0. The van der Waals surface area contributed by atoms with E-state index in [1.165, 1.54) is 5.56 Å². The maximum Gasteiger partial charge on any atom is 2.00 e. The van der Waals surface area contributed by atoms with Crippen molar-refractivity contribution in [2.24, 2.45) is 0 Å². The van der Waals surface area contributed by atoms with Gasteiger partial charge in [0.1, 0.15) is 0 Å². The van der Waals surface area contributed by atoms with Gasteiger partial charge in [-0.2, -0.15) is 0 Å². The molecule has 0 bridgehead atoms. The van der Waals surface area contributed by atoms with Gasteiger partial charge in [-0.3, -0.25) is 0 Å². The van der Waals surface area contributed by atoms with E-state index in [1.807, 2.05) is 6.07 Å². The van der Waals surface area contributed by atoms with Gasteiger partial charge in [-0.25, -0.2) is 0 Å². The normalized spacial score (nSPS) is 8.11. The number of alkyl halides is 1. The third-order valence-corrected chi connectivity index (χ3v) is 1.88. The SMILES string of the molecule is ICc1ccccc1.[H-].[H-].[Mg+2]. The molecule has 0 nitrogen and oxygen atoms in total. The van der Waals surface area contributed by atoms with Crippen LogP contribution in [0.4, 0.5) is 0 Å². The van der Waals surface area contributed by atoms with Crippen LogP contribution in [0.3, 0.4) is 0 Å². The minimum atomic E-state index is 0. The number of rotatable bonds is 1. The summed E-state index contributed by atoms with van der Waals surface area (Å²) in [6.07, 6.45) is 0. The molecule has 0 heterocycles. The van der Waals surface area contributed by atoms with E-state index in [0.29, 0.717) is 0 Å². The number of benzene rings is 1. The average Bonchev–Trinajstić information content (AvgIpc) is 1.90. The molecule has 0 aliphatic rings. The third-order valence-electron chi connectivity index (χ3n) is 0.997. The largest absolute Gasteiger partial charge is 2.00 e. The van der Waals surface area contributed by atoms with Crippen LogP contribution in [-0.2, 0) is 4.43 Å². The molecule has 0 radical (unpaired) electrons. The molecule has 0 amide bonds. The molecule has 0 fully saturated rings. The van der Waals surface area contributed by atoms with E-state index >= 15 is 0 Å². The van der Waals surface area contributed by atoms with Gasteiger partial charge in [0.2, 0.25) is 0 Å². The van der Waals surface area contributed by atoms with E-state index in [4.69, 9.17) is 0 Å². The molecule has 46 valence electrons. The van der Waals surface area contributed by atoms with Gasteiger partial charge in [0.25, 0.3) is 0 Å². The molecule has 9 heavy (non-hydrogen) atoms. The van der Waals surface area contributed by atoms with Crippen molar-refractivity contribution in [3.05, 3.63) is 35.9 Å². The fourth-order valence-electron chi connectivity index (χ4n) is 0.567. The third kappa shape index (κ3) is 3.42. The van der Waals surface area contributed by atoms with Gasteiger partial charge >= 0.3 is 23.1 Å². The molecule has 2 heteroatoms. The first-order valence-electron chi connectivity index (χ1n) is 2.53. The molecular formula is C7H9IMg. The first-order chi connectivity index (χ1) is 3.93. The van der Waals surface area contributed by atoms with Gasteiger partial charge in [-0.1, -0.05) is 52.9 Å². The van der Waals surface area contributed by atoms with Gasteiger partial charge in [-0.15, -0.1) is 0 Å². The monoisotopic (exact) mass is 244 g/mol. The summed E-state index contributed by atoms with van der Waals surface area (Å²) in [6, 6.07) is 10.4. The molecule has 1 aromatic carbocycles. The fourth-order valence-corrected chi connectivity index (χ4v) is 1.08. The van der Waals surface area contributed by atoms with E-state index < -0.39 is 0 Å². The Morgan fingerprint density at radius 2 is 1.78 bits per heavy atom. The Morgan fingerprint density at radius 1 is 1.22 bits per heavy atom. The second-order valence-electron chi connectivity index (χ2n) is 1.62. The molecule has 0 atom stereocenters. The Kier molecular flexibility index (Phi) is 5.93. The maximum absolute atomic E-state index is 2.35. The molecule has 1 aromatic rings. The van der Waals surface area contributed by atoms with Crippen molar-refractivity contribution in [3.8, 4) is 0 Å². The van der Waals surface area contributed by atoms with Crippen molar-refractivity contribution in [1.82, 2.24) is 0 Å². The van der Waals surface area contributed by atoms with Gasteiger partial charge in [0.05, 0.1) is 0 Å². The summed E-state index contributed by atoms with van der Waals surface area (Å²) < 4.78 is 1.11. The fraction of sp³-hybridized carbons (Fsp3) is 0.143. The van der Waals surface area contributed by atoms with Crippen molar-refractivity contribution in [3.63, 3.8) is 0 Å². The van der Waals surface area contributed by atoms with E-state index in [0.717, 1.165) is 4.43 Å². The van der Waals surface area contributed by atoms with Gasteiger partial charge in [0, 0.05) is 4.43 Å². The second-order valence-corrected chi connectivity index (χ2v) is 2.38.